The number of nitrogens with zero attached hydrogens (tertiary/aromatic N) is 3. The molecule has 0 unspecified atom stereocenters. The molecule has 3 heterocycles. The van der Waals surface area contributed by atoms with Gasteiger partial charge in [-0.2, -0.15) is 13.2 Å². The van der Waals surface area contributed by atoms with E-state index < -0.39 is 35.2 Å². The van der Waals surface area contributed by atoms with Crippen molar-refractivity contribution in [1.29, 1.82) is 0 Å². The highest BCUT2D eigenvalue weighted by Gasteiger charge is 2.52. The molecule has 218 valence electrons. The summed E-state index contributed by atoms with van der Waals surface area (Å²) in [6.45, 7) is 7.74. The number of halogens is 4. The minimum Gasteiger partial charge on any atom is -0.481 e. The molecule has 3 fully saturated rings. The highest BCUT2D eigenvalue weighted by molar-refractivity contribution is 5.86. The fourth-order valence-corrected chi connectivity index (χ4v) is 6.25. The molecule has 7 nitrogen and oxygen atoms in total. The number of amides is 1. The maximum Gasteiger partial charge on any atom is 0.416 e. The van der Waals surface area contributed by atoms with Gasteiger partial charge in [0.05, 0.1) is 18.1 Å². The van der Waals surface area contributed by atoms with Crippen molar-refractivity contribution >= 4 is 17.6 Å². The number of benzene rings is 1. The van der Waals surface area contributed by atoms with Crippen LogP contribution >= 0.6 is 0 Å². The molecule has 3 aliphatic heterocycles. The van der Waals surface area contributed by atoms with Crippen molar-refractivity contribution in [2.24, 2.45) is 11.8 Å². The number of carboxylic acid groups (broad SMARTS) is 1. The van der Waals surface area contributed by atoms with Gasteiger partial charge in [0, 0.05) is 75.9 Å². The Morgan fingerprint density at radius 3 is 2.31 bits per heavy atom. The van der Waals surface area contributed by atoms with Gasteiger partial charge in [-0.25, -0.2) is 4.39 Å². The van der Waals surface area contributed by atoms with Gasteiger partial charge in [-0.3, -0.25) is 14.5 Å². The molecule has 0 bridgehead atoms. The predicted octanol–water partition coefficient (Wildman–Crippen LogP) is 4.41. The molecule has 3 aliphatic rings. The van der Waals surface area contributed by atoms with Crippen molar-refractivity contribution in [3.63, 3.8) is 0 Å². The summed E-state index contributed by atoms with van der Waals surface area (Å²) in [5, 5.41) is 9.37. The molecule has 0 saturated carbocycles. The number of methoxy groups -OCH3 is 1. The topological polar surface area (TPSA) is 73.3 Å². The Kier molecular flexibility index (Phi) is 8.25. The van der Waals surface area contributed by atoms with Crippen LogP contribution in [-0.4, -0.2) is 91.0 Å². The third-order valence-corrected chi connectivity index (χ3v) is 8.60. The van der Waals surface area contributed by atoms with E-state index in [-0.39, 0.29) is 50.0 Å². The number of ether oxygens (including phenoxy) is 1. The van der Waals surface area contributed by atoms with Gasteiger partial charge in [-0.05, 0) is 51.3 Å². The van der Waals surface area contributed by atoms with E-state index in [0.29, 0.717) is 43.7 Å². The smallest absolute Gasteiger partial charge is 0.416 e. The maximum atomic E-state index is 16.0. The average Bonchev–Trinajstić information content (AvgIpc) is 3.48. The molecule has 1 N–H and O–H groups in total. The second-order valence-corrected chi connectivity index (χ2v) is 12.2. The van der Waals surface area contributed by atoms with E-state index >= 15 is 4.39 Å². The van der Waals surface area contributed by atoms with Crippen LogP contribution in [0, 0.1) is 11.8 Å². The number of carbonyl (C=O) groups is 2. The summed E-state index contributed by atoms with van der Waals surface area (Å²) in [5.41, 5.74) is -2.04. The van der Waals surface area contributed by atoms with Gasteiger partial charge < -0.3 is 19.6 Å². The first-order valence-electron chi connectivity index (χ1n) is 13.5. The van der Waals surface area contributed by atoms with Crippen molar-refractivity contribution in [2.45, 2.75) is 63.3 Å². The lowest BCUT2D eigenvalue weighted by molar-refractivity contribution is -0.143. The maximum absolute atomic E-state index is 16.0. The number of piperidine rings is 1. The van der Waals surface area contributed by atoms with E-state index in [2.05, 4.69) is 0 Å². The minimum absolute atomic E-state index is 0.00942. The Labute approximate surface area is 227 Å². The van der Waals surface area contributed by atoms with Gasteiger partial charge in [-0.1, -0.05) is 6.07 Å². The van der Waals surface area contributed by atoms with E-state index in [1.807, 2.05) is 30.6 Å². The summed E-state index contributed by atoms with van der Waals surface area (Å²) < 4.78 is 62.5. The van der Waals surface area contributed by atoms with Crippen LogP contribution in [0.5, 0.6) is 0 Å². The molecule has 1 aromatic carbocycles. The Balaban J connectivity index is 1.63. The molecule has 0 aromatic heterocycles. The standard InChI is InChI=1S/C28H39F4N3O4/c1-26(2,3)35-12-9-27(29,17-35)25(38)34-14-19(16-39-4)22(15-34)21-6-5-20(28(30,31)32)13-23(21)33-10-7-18(8-11-33)24(36)37/h5-6,13,18-19,22H,7-12,14-17H2,1-4H3,(H,36,37)/t19-,22+,27-/m1/s1. The molecule has 1 amide bonds. The quantitative estimate of drug-likeness (QED) is 0.523. The third kappa shape index (κ3) is 6.19. The fraction of sp³-hybridized carbons (Fsp3) is 0.714. The second-order valence-electron chi connectivity index (χ2n) is 12.2. The van der Waals surface area contributed by atoms with Crippen molar-refractivity contribution in [1.82, 2.24) is 9.80 Å². The lowest BCUT2D eigenvalue weighted by atomic mass is 9.86. The highest BCUT2D eigenvalue weighted by atomic mass is 19.4. The Bertz CT molecular complexity index is 1070. The first-order chi connectivity index (χ1) is 18.1. The largest absolute Gasteiger partial charge is 0.481 e. The zero-order chi connectivity index (χ0) is 28.8. The first-order valence-corrected chi connectivity index (χ1v) is 13.5. The summed E-state index contributed by atoms with van der Waals surface area (Å²) >= 11 is 0. The van der Waals surface area contributed by atoms with Crippen LogP contribution in [0.15, 0.2) is 18.2 Å². The number of hydrogen-bond donors (Lipinski definition) is 1. The number of anilines is 1. The summed E-state index contributed by atoms with van der Waals surface area (Å²) in [6, 6.07) is 3.64. The SMILES string of the molecule is COC[C@H]1CN(C(=O)[C@@]2(F)CCN(C(C)(C)C)C2)C[C@@H]1c1ccc(C(F)(F)F)cc1N1CCC(C(=O)O)CC1. The molecule has 0 spiro atoms. The number of carboxylic acids is 1. The van der Waals surface area contributed by atoms with Crippen LogP contribution in [0.2, 0.25) is 0 Å². The number of aliphatic carboxylic acids is 1. The molecule has 39 heavy (non-hydrogen) atoms. The van der Waals surface area contributed by atoms with Crippen LogP contribution in [0.1, 0.15) is 57.1 Å². The van der Waals surface area contributed by atoms with Gasteiger partial charge in [0.15, 0.2) is 0 Å². The second kappa shape index (κ2) is 10.9. The van der Waals surface area contributed by atoms with Crippen molar-refractivity contribution in [2.75, 3.05) is 57.9 Å². The van der Waals surface area contributed by atoms with E-state index in [1.54, 1.807) is 0 Å². The molecule has 4 rings (SSSR count). The Morgan fingerprint density at radius 1 is 1.10 bits per heavy atom. The zero-order valence-corrected chi connectivity index (χ0v) is 23.1. The first kappa shape index (κ1) is 29.6. The monoisotopic (exact) mass is 557 g/mol. The van der Waals surface area contributed by atoms with Crippen LogP contribution < -0.4 is 4.90 Å². The summed E-state index contributed by atoms with van der Waals surface area (Å²) in [5.74, 6) is -2.59. The molecule has 3 saturated heterocycles. The molecule has 1 aromatic rings. The molecule has 11 heteroatoms. The third-order valence-electron chi connectivity index (χ3n) is 8.60. The van der Waals surface area contributed by atoms with Gasteiger partial charge in [0.1, 0.15) is 0 Å². The van der Waals surface area contributed by atoms with E-state index in [4.69, 9.17) is 4.74 Å². The Morgan fingerprint density at radius 2 is 1.77 bits per heavy atom. The van der Waals surface area contributed by atoms with Crippen molar-refractivity contribution in [3.8, 4) is 0 Å². The molecule has 0 aliphatic carbocycles. The summed E-state index contributed by atoms with van der Waals surface area (Å²) in [6.07, 6.45) is -3.78. The number of rotatable bonds is 6. The lowest BCUT2D eigenvalue weighted by Gasteiger charge is -2.35. The summed E-state index contributed by atoms with van der Waals surface area (Å²) in [4.78, 5) is 30.2. The zero-order valence-electron chi connectivity index (χ0n) is 23.1. The van der Waals surface area contributed by atoms with Crippen LogP contribution in [0.4, 0.5) is 23.2 Å². The van der Waals surface area contributed by atoms with Gasteiger partial charge in [0.25, 0.3) is 5.91 Å². The fourth-order valence-electron chi connectivity index (χ4n) is 6.25. The molecular weight excluding hydrogens is 518 g/mol. The van der Waals surface area contributed by atoms with Crippen molar-refractivity contribution < 1.29 is 37.0 Å². The van der Waals surface area contributed by atoms with E-state index in [9.17, 15) is 27.9 Å². The van der Waals surface area contributed by atoms with Gasteiger partial charge in [-0.15, -0.1) is 0 Å². The normalized spacial score (nSPS) is 27.4. The van der Waals surface area contributed by atoms with Gasteiger partial charge in [0.2, 0.25) is 5.67 Å². The van der Waals surface area contributed by atoms with Crippen LogP contribution in [0.3, 0.4) is 0 Å². The Hall–Kier alpha value is -2.40. The number of hydrogen-bond acceptors (Lipinski definition) is 5. The number of alkyl halides is 4. The van der Waals surface area contributed by atoms with Crippen LogP contribution in [0.25, 0.3) is 0 Å². The van der Waals surface area contributed by atoms with E-state index in [0.717, 1.165) is 12.1 Å². The average molecular weight is 558 g/mol. The minimum atomic E-state index is -4.54. The predicted molar refractivity (Wildman–Crippen MR) is 138 cm³/mol. The van der Waals surface area contributed by atoms with Crippen LogP contribution in [-0.2, 0) is 20.5 Å². The number of likely N-dealkylation sites (tertiary alicyclic amines) is 2. The van der Waals surface area contributed by atoms with Crippen molar-refractivity contribution in [3.05, 3.63) is 29.3 Å². The highest BCUT2D eigenvalue weighted by Crippen LogP contribution is 2.43. The molecule has 3 atom stereocenters. The van der Waals surface area contributed by atoms with E-state index in [1.165, 1.54) is 18.1 Å². The number of carbonyl (C=O) groups excluding carboxylic acids is 1. The molecule has 0 radical (unpaired) electrons. The summed E-state index contributed by atoms with van der Waals surface area (Å²) in [7, 11) is 1.53. The lowest BCUT2D eigenvalue weighted by Crippen LogP contribution is -2.49. The molecular formula is C28H39F4N3O4. The van der Waals surface area contributed by atoms with Gasteiger partial charge >= 0.3 is 12.1 Å².